The van der Waals surface area contributed by atoms with Gasteiger partial charge in [-0.25, -0.2) is 0 Å². The summed E-state index contributed by atoms with van der Waals surface area (Å²) in [5.41, 5.74) is 5.11. The second-order valence-corrected chi connectivity index (χ2v) is 4.65. The standard InChI is InChI=1S/C16H14NO3.CH3.Ni/c1-11-9-14(20-2)7-8-15(11)13-5-3-12(4-6-13)10-16(18)17-19;;/h1,3-5,7-9,19H,10H2,2H3,(H,17,18);1H3;/q2*-1;. The first-order chi connectivity index (χ1) is 10.2. The molecule has 0 atom stereocenters. The van der Waals surface area contributed by atoms with Crippen LogP contribution < -0.4 is 10.2 Å². The van der Waals surface area contributed by atoms with Crippen molar-refractivity contribution in [1.29, 1.82) is 0 Å². The van der Waals surface area contributed by atoms with Gasteiger partial charge in [-0.2, -0.15) is 0 Å². The smallest absolute Gasteiger partial charge is 0.358 e. The Morgan fingerprint density at radius 2 is 2.18 bits per heavy atom. The van der Waals surface area contributed by atoms with Crippen LogP contribution in [0.5, 0.6) is 5.75 Å². The van der Waals surface area contributed by atoms with Crippen molar-refractivity contribution < 1.29 is 29.8 Å². The minimum atomic E-state index is -0.457. The summed E-state index contributed by atoms with van der Waals surface area (Å²) < 4.78 is 5.18. The second-order valence-electron chi connectivity index (χ2n) is 4.37. The number of amides is 1. The number of methoxy groups -OCH3 is 1. The van der Waals surface area contributed by atoms with E-state index in [2.05, 4.69) is 6.07 Å². The molecular formula is C17H17NNiO3-2. The molecule has 0 heterocycles. The Bertz CT molecular complexity index is 653. The van der Waals surface area contributed by atoms with Gasteiger partial charge in [0.2, 0.25) is 0 Å². The van der Waals surface area contributed by atoms with Crippen molar-refractivity contribution in [2.75, 3.05) is 7.11 Å². The number of carbonyl (C=O) groups excluding carboxylic acids is 1. The van der Waals surface area contributed by atoms with Crippen LogP contribution in [0.25, 0.3) is 11.1 Å². The molecule has 22 heavy (non-hydrogen) atoms. The molecule has 2 aromatic rings. The topological polar surface area (TPSA) is 58.6 Å². The third kappa shape index (κ3) is 4.26. The number of rotatable bonds is 5. The molecule has 0 aromatic heterocycles. The van der Waals surface area contributed by atoms with Crippen molar-refractivity contribution >= 4 is 10.9 Å². The largest absolute Gasteiger partial charge is 0.358 e. The zero-order valence-electron chi connectivity index (χ0n) is 12.3. The number of hydrogen-bond acceptors (Lipinski definition) is 3. The fourth-order valence-electron chi connectivity index (χ4n) is 1.95. The van der Waals surface area contributed by atoms with Gasteiger partial charge >= 0.3 is 130 Å². The molecule has 0 aliphatic carbocycles. The first kappa shape index (κ1) is 18.1. The minimum absolute atomic E-state index is 0. The molecular weight excluding hydrogens is 325 g/mol. The molecule has 0 bridgehead atoms. The van der Waals surface area contributed by atoms with E-state index in [9.17, 15) is 4.79 Å². The van der Waals surface area contributed by atoms with E-state index in [-0.39, 0.29) is 13.8 Å². The number of hydroxylamine groups is 1. The van der Waals surface area contributed by atoms with Crippen molar-refractivity contribution in [3.05, 3.63) is 61.0 Å². The van der Waals surface area contributed by atoms with Gasteiger partial charge in [-0.1, -0.05) is 0 Å². The zero-order valence-corrected chi connectivity index (χ0v) is 13.3. The molecule has 0 aliphatic rings. The van der Waals surface area contributed by atoms with Crippen LogP contribution in [0.3, 0.4) is 0 Å². The first-order valence-corrected chi connectivity index (χ1v) is 6.76. The maximum Gasteiger partial charge on any atom is -0.358 e. The number of nitrogens with one attached hydrogen (secondary N) is 1. The number of hydrogen-bond donors (Lipinski definition) is 2. The molecule has 2 aromatic carbocycles. The average Bonchev–Trinajstić information content (AvgIpc) is 2.54. The third-order valence-corrected chi connectivity index (χ3v) is 3.32. The van der Waals surface area contributed by atoms with Gasteiger partial charge in [0.1, 0.15) is 0 Å². The van der Waals surface area contributed by atoms with Gasteiger partial charge in [0.25, 0.3) is 0 Å². The van der Waals surface area contributed by atoms with Crippen LogP contribution in [-0.2, 0) is 26.2 Å². The maximum absolute atomic E-state index is 11.1. The van der Waals surface area contributed by atoms with Gasteiger partial charge in [-0.15, -0.1) is 0 Å². The summed E-state index contributed by atoms with van der Waals surface area (Å²) in [5.74, 6) is 0.292. The van der Waals surface area contributed by atoms with E-state index in [1.165, 1.54) is 0 Å². The molecule has 0 spiro atoms. The minimum Gasteiger partial charge on any atom is -0.358 e. The van der Waals surface area contributed by atoms with Crippen LogP contribution in [0.4, 0.5) is 0 Å². The van der Waals surface area contributed by atoms with Crippen molar-refractivity contribution in [3.8, 4) is 16.9 Å². The normalized spacial score (nSPS) is 9.64. The fourth-order valence-corrected chi connectivity index (χ4v) is 2.18. The van der Waals surface area contributed by atoms with Crippen LogP contribution >= 0.6 is 0 Å². The molecule has 4 nitrogen and oxygen atoms in total. The second kappa shape index (κ2) is 8.47. The van der Waals surface area contributed by atoms with Crippen LogP contribution in [0.15, 0.2) is 36.4 Å². The Morgan fingerprint density at radius 3 is 2.73 bits per heavy atom. The van der Waals surface area contributed by atoms with E-state index in [1.807, 2.05) is 30.3 Å². The third-order valence-electron chi connectivity index (χ3n) is 3.01. The molecule has 0 saturated carbocycles. The molecule has 0 fully saturated rings. The monoisotopic (exact) mass is 341 g/mol. The van der Waals surface area contributed by atoms with Gasteiger partial charge in [-0.05, 0) is 0 Å². The van der Waals surface area contributed by atoms with Crippen molar-refractivity contribution in [2.24, 2.45) is 0 Å². The summed E-state index contributed by atoms with van der Waals surface area (Å²) in [5, 5.41) is 8.51. The number of ether oxygens (including phenoxy) is 1. The van der Waals surface area contributed by atoms with Crippen molar-refractivity contribution in [2.45, 2.75) is 6.42 Å². The summed E-state index contributed by atoms with van der Waals surface area (Å²) in [7, 11) is 1.61. The predicted molar refractivity (Wildman–Crippen MR) is 82.5 cm³/mol. The van der Waals surface area contributed by atoms with Crippen molar-refractivity contribution in [3.63, 3.8) is 0 Å². The van der Waals surface area contributed by atoms with Gasteiger partial charge < -0.3 is 7.43 Å². The molecule has 2 rings (SSSR count). The molecule has 1 amide bonds. The number of carbonyl (C=O) groups is 1. The molecule has 2 N–H and O–H groups in total. The quantitative estimate of drug-likeness (QED) is 0.380. The first-order valence-electron chi connectivity index (χ1n) is 6.19. The SMILES string of the molecule is COc1ccc(-c2[c-]cc(CC(=O)NO)cc2)c([CH]=[Ni])c1.[CH3-]. The maximum atomic E-state index is 11.1. The Balaban J connectivity index is 0.00000242. The van der Waals surface area contributed by atoms with Crippen LogP contribution in [-0.4, -0.2) is 23.2 Å². The van der Waals surface area contributed by atoms with Gasteiger partial charge in [0.15, 0.2) is 0 Å². The van der Waals surface area contributed by atoms with E-state index in [0.717, 1.165) is 28.0 Å². The Kier molecular flexibility index (Phi) is 6.96. The van der Waals surface area contributed by atoms with Gasteiger partial charge in [0.05, 0.1) is 0 Å². The summed E-state index contributed by atoms with van der Waals surface area (Å²) in [6.45, 7) is 0. The van der Waals surface area contributed by atoms with Gasteiger partial charge in [0, 0.05) is 0 Å². The molecule has 0 aliphatic heterocycles. The van der Waals surface area contributed by atoms with E-state index < -0.39 is 5.91 Å². The van der Waals surface area contributed by atoms with E-state index in [0.29, 0.717) is 0 Å². The average molecular weight is 342 g/mol. The summed E-state index contributed by atoms with van der Waals surface area (Å²) in [6.07, 6.45) is 0.109. The van der Waals surface area contributed by atoms with Gasteiger partial charge in [-0.3, -0.25) is 0 Å². The van der Waals surface area contributed by atoms with Crippen LogP contribution in [0.1, 0.15) is 11.1 Å². The van der Waals surface area contributed by atoms with Crippen molar-refractivity contribution in [1.82, 2.24) is 5.48 Å². The summed E-state index contributed by atoms with van der Waals surface area (Å²) >= 11 is 4.73. The Hall–Kier alpha value is -1.97. The molecule has 0 saturated heterocycles. The summed E-state index contributed by atoms with van der Waals surface area (Å²) in [4.78, 5) is 12.7. The Morgan fingerprint density at radius 1 is 1.41 bits per heavy atom. The van der Waals surface area contributed by atoms with E-state index in [4.69, 9.17) is 25.0 Å². The van der Waals surface area contributed by atoms with Crippen LogP contribution in [0, 0.1) is 13.5 Å². The van der Waals surface area contributed by atoms with E-state index >= 15 is 0 Å². The molecule has 120 valence electrons. The predicted octanol–water partition coefficient (Wildman–Crippen LogP) is 2.36. The summed E-state index contributed by atoms with van der Waals surface area (Å²) in [6, 6.07) is 14.2. The molecule has 0 radical (unpaired) electrons. The Labute approximate surface area is 138 Å². The fraction of sp³-hybridized carbons (Fsp3) is 0.118. The van der Waals surface area contributed by atoms with E-state index in [1.54, 1.807) is 23.7 Å². The molecule has 5 heteroatoms. The van der Waals surface area contributed by atoms with Crippen LogP contribution in [0.2, 0.25) is 0 Å². The number of benzene rings is 2. The molecule has 0 unspecified atom stereocenters. The zero-order chi connectivity index (χ0) is 15.2.